The van der Waals surface area contributed by atoms with Crippen molar-refractivity contribution in [2.75, 3.05) is 13.1 Å². The molecule has 0 spiro atoms. The summed E-state index contributed by atoms with van der Waals surface area (Å²) >= 11 is 3.08. The van der Waals surface area contributed by atoms with Crippen molar-refractivity contribution in [1.29, 1.82) is 0 Å². The minimum Gasteiger partial charge on any atom is -0.463 e. The first-order valence-electron chi connectivity index (χ1n) is 6.91. The van der Waals surface area contributed by atoms with E-state index in [1.165, 1.54) is 11.3 Å². The third-order valence-corrected chi connectivity index (χ3v) is 5.15. The Morgan fingerprint density at radius 1 is 1.41 bits per heavy atom. The quantitative estimate of drug-likeness (QED) is 0.740. The monoisotopic (exact) mass is 331 g/mol. The van der Waals surface area contributed by atoms with Gasteiger partial charge in [-0.1, -0.05) is 11.3 Å². The Hall–Kier alpha value is -1.99. The number of rotatable bonds is 3. The predicted octanol–water partition coefficient (Wildman–Crippen LogP) is 2.96. The summed E-state index contributed by atoms with van der Waals surface area (Å²) in [4.78, 5) is 22.8. The summed E-state index contributed by atoms with van der Waals surface area (Å²) in [5.74, 6) is 0.0481. The molecule has 1 amide bonds. The molecule has 0 atom stereocenters. The van der Waals surface area contributed by atoms with Crippen molar-refractivity contribution in [3.63, 3.8) is 0 Å². The van der Waals surface area contributed by atoms with Crippen LogP contribution in [0.2, 0.25) is 0 Å². The second-order valence-corrected chi connectivity index (χ2v) is 7.26. The Morgan fingerprint density at radius 3 is 3.05 bits per heavy atom. The number of aromatic nitrogens is 2. The molecule has 1 fully saturated rings. The van der Waals surface area contributed by atoms with Crippen molar-refractivity contribution in [1.82, 2.24) is 14.9 Å². The van der Waals surface area contributed by atoms with Gasteiger partial charge in [0.1, 0.15) is 6.10 Å². The van der Waals surface area contributed by atoms with Gasteiger partial charge in [-0.05, 0) is 25.1 Å². The molecule has 1 aliphatic rings. The molecular weight excluding hydrogens is 318 g/mol. The molecule has 4 rings (SSSR count). The van der Waals surface area contributed by atoms with Crippen LogP contribution >= 0.6 is 22.7 Å². The standard InChI is InChI=1S/C15H13N3O2S2/c1-9-17-12-3-2-10(6-13(12)22-9)14(19)18-7-11(8-18)20-15-16-4-5-21-15/h2-6,11H,7-8H2,1H3. The maximum atomic E-state index is 12.5. The minimum atomic E-state index is 0.0458. The highest BCUT2D eigenvalue weighted by Crippen LogP contribution is 2.25. The van der Waals surface area contributed by atoms with Crippen LogP contribution in [0.1, 0.15) is 15.4 Å². The number of nitrogens with zero attached hydrogens (tertiary/aromatic N) is 3. The zero-order chi connectivity index (χ0) is 15.1. The Labute approximate surface area is 135 Å². The first kappa shape index (κ1) is 13.7. The summed E-state index contributed by atoms with van der Waals surface area (Å²) < 4.78 is 6.74. The molecule has 1 saturated heterocycles. The highest BCUT2D eigenvalue weighted by molar-refractivity contribution is 7.18. The van der Waals surface area contributed by atoms with E-state index < -0.39 is 0 Å². The van der Waals surface area contributed by atoms with Gasteiger partial charge in [0.15, 0.2) is 0 Å². The van der Waals surface area contributed by atoms with E-state index in [2.05, 4.69) is 9.97 Å². The van der Waals surface area contributed by atoms with Crippen LogP contribution < -0.4 is 4.74 Å². The molecule has 112 valence electrons. The lowest BCUT2D eigenvalue weighted by molar-refractivity contribution is 0.0177. The number of hydrogen-bond donors (Lipinski definition) is 0. The summed E-state index contributed by atoms with van der Waals surface area (Å²) in [6.07, 6.45) is 1.76. The molecule has 0 aliphatic carbocycles. The van der Waals surface area contributed by atoms with Crippen LogP contribution in [0.25, 0.3) is 10.2 Å². The smallest absolute Gasteiger partial charge is 0.273 e. The van der Waals surface area contributed by atoms with Gasteiger partial charge in [0.2, 0.25) is 0 Å². The van der Waals surface area contributed by atoms with E-state index in [1.807, 2.05) is 30.5 Å². The average molecular weight is 331 g/mol. The van der Waals surface area contributed by atoms with E-state index in [9.17, 15) is 4.79 Å². The second kappa shape index (κ2) is 5.33. The third kappa shape index (κ3) is 2.46. The molecule has 3 heterocycles. The van der Waals surface area contributed by atoms with Crippen molar-refractivity contribution in [2.45, 2.75) is 13.0 Å². The van der Waals surface area contributed by atoms with Gasteiger partial charge < -0.3 is 9.64 Å². The fraction of sp³-hybridized carbons (Fsp3) is 0.267. The van der Waals surface area contributed by atoms with Crippen molar-refractivity contribution in [3.05, 3.63) is 40.3 Å². The normalized spacial score (nSPS) is 15.0. The molecule has 1 aliphatic heterocycles. The van der Waals surface area contributed by atoms with E-state index in [1.54, 1.807) is 22.4 Å². The SMILES string of the molecule is Cc1nc2ccc(C(=O)N3CC(Oc4nccs4)C3)cc2s1. The summed E-state index contributed by atoms with van der Waals surface area (Å²) in [6, 6.07) is 5.69. The van der Waals surface area contributed by atoms with E-state index in [-0.39, 0.29) is 12.0 Å². The van der Waals surface area contributed by atoms with Crippen LogP contribution in [0, 0.1) is 6.92 Å². The molecule has 3 aromatic rings. The number of benzene rings is 1. The van der Waals surface area contributed by atoms with Crippen LogP contribution in [-0.2, 0) is 0 Å². The number of carbonyl (C=O) groups excluding carboxylic acids is 1. The molecule has 0 saturated carbocycles. The summed E-state index contributed by atoms with van der Waals surface area (Å²) in [5.41, 5.74) is 1.66. The van der Waals surface area contributed by atoms with Crippen molar-refractivity contribution < 1.29 is 9.53 Å². The maximum Gasteiger partial charge on any atom is 0.273 e. The highest BCUT2D eigenvalue weighted by atomic mass is 32.1. The largest absolute Gasteiger partial charge is 0.463 e. The van der Waals surface area contributed by atoms with Gasteiger partial charge in [-0.15, -0.1) is 11.3 Å². The summed E-state index contributed by atoms with van der Waals surface area (Å²) in [5, 5.41) is 3.56. The van der Waals surface area contributed by atoms with Crippen molar-refractivity contribution in [2.24, 2.45) is 0 Å². The van der Waals surface area contributed by atoms with Crippen molar-refractivity contribution in [3.8, 4) is 5.19 Å². The van der Waals surface area contributed by atoms with Crippen LogP contribution in [0.4, 0.5) is 0 Å². The Kier molecular flexibility index (Phi) is 3.31. The zero-order valence-corrected chi connectivity index (χ0v) is 13.5. The average Bonchev–Trinajstić information content (AvgIpc) is 3.08. The van der Waals surface area contributed by atoms with Gasteiger partial charge in [0.05, 0.1) is 28.3 Å². The van der Waals surface area contributed by atoms with Crippen LogP contribution in [0.15, 0.2) is 29.8 Å². The van der Waals surface area contributed by atoms with E-state index in [0.29, 0.717) is 23.8 Å². The molecule has 1 aromatic carbocycles. The lowest BCUT2D eigenvalue weighted by Crippen LogP contribution is -2.56. The number of amides is 1. The first-order chi connectivity index (χ1) is 10.7. The molecule has 0 unspecified atom stereocenters. The second-order valence-electron chi connectivity index (χ2n) is 5.16. The Balaban J connectivity index is 1.43. The van der Waals surface area contributed by atoms with Crippen LogP contribution in [-0.4, -0.2) is 40.0 Å². The Bertz CT molecular complexity index is 823. The van der Waals surface area contributed by atoms with Gasteiger partial charge >= 0.3 is 0 Å². The van der Waals surface area contributed by atoms with E-state index >= 15 is 0 Å². The maximum absolute atomic E-state index is 12.5. The fourth-order valence-electron chi connectivity index (χ4n) is 2.45. The van der Waals surface area contributed by atoms with E-state index in [4.69, 9.17) is 4.74 Å². The van der Waals surface area contributed by atoms with E-state index in [0.717, 1.165) is 15.2 Å². The molecule has 0 N–H and O–H groups in total. The summed E-state index contributed by atoms with van der Waals surface area (Å²) in [6.45, 7) is 3.19. The van der Waals surface area contributed by atoms with Gasteiger partial charge in [-0.3, -0.25) is 4.79 Å². The molecule has 0 bridgehead atoms. The predicted molar refractivity (Wildman–Crippen MR) is 86.8 cm³/mol. The van der Waals surface area contributed by atoms with Crippen LogP contribution in [0.5, 0.6) is 5.19 Å². The fourth-order valence-corrected chi connectivity index (χ4v) is 3.86. The van der Waals surface area contributed by atoms with Gasteiger partial charge in [-0.2, -0.15) is 0 Å². The first-order valence-corrected chi connectivity index (χ1v) is 8.61. The van der Waals surface area contributed by atoms with Gasteiger partial charge in [0, 0.05) is 17.1 Å². The molecule has 22 heavy (non-hydrogen) atoms. The summed E-state index contributed by atoms with van der Waals surface area (Å²) in [7, 11) is 0. The zero-order valence-electron chi connectivity index (χ0n) is 11.9. The number of thiazole rings is 2. The van der Waals surface area contributed by atoms with Crippen molar-refractivity contribution >= 4 is 38.8 Å². The number of carbonyl (C=O) groups is 1. The number of likely N-dealkylation sites (tertiary alicyclic amines) is 1. The molecule has 2 aromatic heterocycles. The van der Waals surface area contributed by atoms with Crippen LogP contribution in [0.3, 0.4) is 0 Å². The van der Waals surface area contributed by atoms with Gasteiger partial charge in [-0.25, -0.2) is 9.97 Å². The number of fused-ring (bicyclic) bond motifs is 1. The number of aryl methyl sites for hydroxylation is 1. The topological polar surface area (TPSA) is 55.3 Å². The number of ether oxygens (including phenoxy) is 1. The number of hydrogen-bond acceptors (Lipinski definition) is 6. The lowest BCUT2D eigenvalue weighted by Gasteiger charge is -2.38. The molecule has 0 radical (unpaired) electrons. The van der Waals surface area contributed by atoms with Gasteiger partial charge in [0.25, 0.3) is 11.1 Å². The molecule has 5 nitrogen and oxygen atoms in total. The molecular formula is C15H13N3O2S2. The molecule has 7 heteroatoms. The third-order valence-electron chi connectivity index (χ3n) is 3.55. The minimum absolute atomic E-state index is 0.0458. The lowest BCUT2D eigenvalue weighted by atomic mass is 10.1. The highest BCUT2D eigenvalue weighted by Gasteiger charge is 2.33. The Morgan fingerprint density at radius 2 is 2.27 bits per heavy atom.